The number of carbonyl (C=O) groups excluding carboxylic acids is 2. The van der Waals surface area contributed by atoms with Crippen LogP contribution in [0.5, 0.6) is 0 Å². The van der Waals surface area contributed by atoms with E-state index >= 15 is 0 Å². The van der Waals surface area contributed by atoms with E-state index in [2.05, 4.69) is 15.3 Å². The minimum Gasteiger partial charge on any atom is -0.462 e. The minimum absolute atomic E-state index is 0.264. The van der Waals surface area contributed by atoms with Gasteiger partial charge in [0.05, 0.1) is 25.8 Å². The zero-order valence-corrected chi connectivity index (χ0v) is 17.6. The number of aromatic amines is 2. The van der Waals surface area contributed by atoms with Crippen molar-refractivity contribution >= 4 is 11.9 Å². The Morgan fingerprint density at radius 3 is 2.43 bits per heavy atom. The third-order valence-electron chi connectivity index (χ3n) is 4.19. The van der Waals surface area contributed by atoms with Gasteiger partial charge < -0.3 is 19.8 Å². The second-order valence-corrected chi connectivity index (χ2v) is 7.53. The molecule has 0 aliphatic carbocycles. The Kier molecular flexibility index (Phi) is 7.01. The van der Waals surface area contributed by atoms with Crippen LogP contribution in [-0.2, 0) is 36.0 Å². The average molecular weight is 391 g/mol. The summed E-state index contributed by atoms with van der Waals surface area (Å²) in [6.07, 6.45) is 4.28. The number of aryl methyl sites for hydroxylation is 1. The quantitative estimate of drug-likeness (QED) is 0.473. The molecule has 0 aliphatic heterocycles. The Morgan fingerprint density at radius 2 is 1.89 bits per heavy atom. The summed E-state index contributed by atoms with van der Waals surface area (Å²) in [4.78, 5) is 31.5. The van der Waals surface area contributed by atoms with Crippen molar-refractivity contribution in [3.05, 3.63) is 40.7 Å². The molecule has 154 valence electrons. The Bertz CT molecular complexity index is 830. The number of ether oxygens (including phenoxy) is 2. The van der Waals surface area contributed by atoms with Crippen molar-refractivity contribution in [3.63, 3.8) is 0 Å². The molecule has 2 aromatic heterocycles. The van der Waals surface area contributed by atoms with Crippen LogP contribution in [0.1, 0.15) is 72.5 Å². The van der Waals surface area contributed by atoms with Crippen LogP contribution in [-0.4, -0.2) is 34.1 Å². The molecule has 0 fully saturated rings. The summed E-state index contributed by atoms with van der Waals surface area (Å²) in [5.41, 5.74) is 1.33. The van der Waals surface area contributed by atoms with Gasteiger partial charge in [-0.05, 0) is 39.7 Å². The summed E-state index contributed by atoms with van der Waals surface area (Å²) in [6, 6.07) is 0. The molecular weight excluding hydrogens is 360 g/mol. The van der Waals surface area contributed by atoms with Crippen molar-refractivity contribution in [2.24, 2.45) is 7.05 Å². The molecule has 8 nitrogen and oxygen atoms in total. The number of esters is 2. The van der Waals surface area contributed by atoms with Gasteiger partial charge in [0.2, 0.25) is 0 Å². The monoisotopic (exact) mass is 391 g/mol. The molecule has 0 radical (unpaired) electrons. The normalized spacial score (nSPS) is 11.5. The predicted molar refractivity (Wildman–Crippen MR) is 104 cm³/mol. The molecule has 28 heavy (non-hydrogen) atoms. The highest BCUT2D eigenvalue weighted by Gasteiger charge is 2.29. The number of hydrogen-bond donors (Lipinski definition) is 3. The third kappa shape index (κ3) is 5.22. The van der Waals surface area contributed by atoms with E-state index in [1.54, 1.807) is 6.92 Å². The Balaban J connectivity index is 2.31. The van der Waals surface area contributed by atoms with E-state index in [1.807, 2.05) is 51.7 Å². The molecule has 3 N–H and O–H groups in total. The second-order valence-electron chi connectivity index (χ2n) is 7.53. The lowest BCUT2D eigenvalue weighted by molar-refractivity contribution is -0.678. The van der Waals surface area contributed by atoms with Crippen LogP contribution in [0.25, 0.3) is 0 Å². The van der Waals surface area contributed by atoms with Gasteiger partial charge >= 0.3 is 11.9 Å². The molecule has 0 spiro atoms. The number of carbonyl (C=O) groups is 2. The first-order chi connectivity index (χ1) is 13.2. The number of aromatic nitrogens is 3. The highest BCUT2D eigenvalue weighted by Crippen LogP contribution is 2.24. The van der Waals surface area contributed by atoms with Crippen LogP contribution in [0.4, 0.5) is 0 Å². The molecule has 0 saturated carbocycles. The maximum Gasteiger partial charge on any atom is 0.355 e. The molecule has 0 aromatic carbocycles. The van der Waals surface area contributed by atoms with Gasteiger partial charge in [-0.15, -0.1) is 0 Å². The van der Waals surface area contributed by atoms with Crippen molar-refractivity contribution in [1.82, 2.24) is 15.3 Å². The molecule has 0 atom stereocenters. The maximum atomic E-state index is 12.7. The highest BCUT2D eigenvalue weighted by atomic mass is 16.6. The number of nitrogens with one attached hydrogen (secondary N) is 3. The van der Waals surface area contributed by atoms with Gasteiger partial charge in [-0.2, -0.15) is 0 Å². The number of hydrogen-bond acceptors (Lipinski definition) is 5. The number of H-pyrrole nitrogens is 2. The molecule has 8 heteroatoms. The van der Waals surface area contributed by atoms with Crippen LogP contribution in [0.15, 0.2) is 12.4 Å². The Labute approximate surface area is 165 Å². The molecule has 0 bridgehead atoms. The highest BCUT2D eigenvalue weighted by molar-refractivity contribution is 5.98. The minimum atomic E-state index is -0.627. The fourth-order valence-corrected chi connectivity index (χ4v) is 2.95. The summed E-state index contributed by atoms with van der Waals surface area (Å²) >= 11 is 0. The second kappa shape index (κ2) is 9.05. The van der Waals surface area contributed by atoms with Crippen molar-refractivity contribution in [2.45, 2.75) is 59.7 Å². The van der Waals surface area contributed by atoms with Crippen molar-refractivity contribution < 1.29 is 23.6 Å². The molecule has 2 rings (SSSR count). The molecule has 0 amide bonds. The zero-order valence-electron chi connectivity index (χ0n) is 17.6. The zero-order chi connectivity index (χ0) is 20.9. The van der Waals surface area contributed by atoms with Crippen molar-refractivity contribution in [1.29, 1.82) is 0 Å². The summed E-state index contributed by atoms with van der Waals surface area (Å²) in [6.45, 7) is 10.3. The van der Waals surface area contributed by atoms with Gasteiger partial charge in [0.1, 0.15) is 23.7 Å². The van der Waals surface area contributed by atoms with Crippen LogP contribution in [0, 0.1) is 0 Å². The lowest BCUT2D eigenvalue weighted by Crippen LogP contribution is -2.33. The molecular formula is C20H31N4O4+. The van der Waals surface area contributed by atoms with Crippen molar-refractivity contribution in [2.75, 3.05) is 6.61 Å². The van der Waals surface area contributed by atoms with E-state index in [0.29, 0.717) is 42.0 Å². The van der Waals surface area contributed by atoms with Gasteiger partial charge in [0, 0.05) is 12.2 Å². The van der Waals surface area contributed by atoms with Gasteiger partial charge in [-0.25, -0.2) is 19.1 Å². The Morgan fingerprint density at radius 1 is 1.18 bits per heavy atom. The molecule has 2 aromatic rings. The van der Waals surface area contributed by atoms with E-state index in [0.717, 1.165) is 5.82 Å². The van der Waals surface area contributed by atoms with Gasteiger partial charge in [0.15, 0.2) is 0 Å². The van der Waals surface area contributed by atoms with Crippen LogP contribution < -0.4 is 9.88 Å². The number of rotatable bonds is 8. The summed E-state index contributed by atoms with van der Waals surface area (Å²) in [5.74, 6) is 0.0804. The lowest BCUT2D eigenvalue weighted by atomic mass is 10.1. The largest absolute Gasteiger partial charge is 0.462 e. The van der Waals surface area contributed by atoms with E-state index < -0.39 is 17.5 Å². The van der Waals surface area contributed by atoms with Crippen LogP contribution in [0.3, 0.4) is 0 Å². The SMILES string of the molecule is CCOC(=O)c1c(CNCc2[nH]cc[n+]2C)[nH]c(C(=O)OC(C)(C)C)c1CC. The van der Waals surface area contributed by atoms with Crippen LogP contribution in [0.2, 0.25) is 0 Å². The number of imidazole rings is 1. The first-order valence-electron chi connectivity index (χ1n) is 9.54. The average Bonchev–Trinajstić information content (AvgIpc) is 3.17. The maximum absolute atomic E-state index is 12.7. The van der Waals surface area contributed by atoms with E-state index in [-0.39, 0.29) is 6.61 Å². The van der Waals surface area contributed by atoms with Crippen molar-refractivity contribution in [3.8, 4) is 0 Å². The van der Waals surface area contributed by atoms with Gasteiger partial charge in [-0.3, -0.25) is 0 Å². The summed E-state index contributed by atoms with van der Waals surface area (Å²) in [7, 11) is 1.95. The standard InChI is InChI=1S/C20H30N4O4/c1-7-13-16(18(25)27-8-2)14(11-21-12-15-22-9-10-24(15)6)23-17(13)19(26)28-20(3,4)5/h9-10,21H,7-8,11-12H2,1-6H3,(H,23,25,26)/p+1. The molecule has 0 unspecified atom stereocenters. The van der Waals surface area contributed by atoms with Gasteiger partial charge in [0.25, 0.3) is 5.82 Å². The van der Waals surface area contributed by atoms with E-state index in [9.17, 15) is 9.59 Å². The summed E-state index contributed by atoms with van der Waals surface area (Å²) < 4.78 is 12.7. The van der Waals surface area contributed by atoms with E-state index in [4.69, 9.17) is 9.47 Å². The topological polar surface area (TPSA) is 100 Å². The van der Waals surface area contributed by atoms with Gasteiger partial charge in [-0.1, -0.05) is 6.92 Å². The predicted octanol–water partition coefficient (Wildman–Crippen LogP) is 2.15. The molecule has 2 heterocycles. The smallest absolute Gasteiger partial charge is 0.355 e. The third-order valence-corrected chi connectivity index (χ3v) is 4.19. The first kappa shape index (κ1) is 21.7. The fraction of sp³-hybridized carbons (Fsp3) is 0.550. The number of nitrogens with zero attached hydrogens (tertiary/aromatic N) is 1. The van der Waals surface area contributed by atoms with Crippen LogP contribution >= 0.6 is 0 Å². The Hall–Kier alpha value is -2.61. The van der Waals surface area contributed by atoms with E-state index in [1.165, 1.54) is 0 Å². The fourth-order valence-electron chi connectivity index (χ4n) is 2.95. The summed E-state index contributed by atoms with van der Waals surface area (Å²) in [5, 5.41) is 3.29. The molecule has 0 saturated heterocycles. The molecule has 0 aliphatic rings. The lowest BCUT2D eigenvalue weighted by Gasteiger charge is -2.19. The first-order valence-corrected chi connectivity index (χ1v) is 9.54.